The van der Waals surface area contributed by atoms with Crippen LogP contribution in [0, 0.1) is 0 Å². The first-order valence-corrected chi connectivity index (χ1v) is 9.34. The minimum absolute atomic E-state index is 0.840. The molecule has 0 unspecified atom stereocenters. The van der Waals surface area contributed by atoms with E-state index < -0.39 is 0 Å². The molecule has 7 heteroatoms. The fourth-order valence-corrected chi connectivity index (χ4v) is 3.71. The maximum Gasteiger partial charge on any atom is 0.225 e. The second-order valence-corrected chi connectivity index (χ2v) is 6.90. The van der Waals surface area contributed by atoms with Crippen LogP contribution < -0.4 is 14.5 Å². The molecule has 0 N–H and O–H groups in total. The highest BCUT2D eigenvalue weighted by Crippen LogP contribution is 2.27. The Hall–Kier alpha value is -2.41. The van der Waals surface area contributed by atoms with Crippen LogP contribution in [0.5, 0.6) is 5.75 Å². The fourth-order valence-electron chi connectivity index (χ4n) is 3.71. The molecule has 0 saturated carbocycles. The molecule has 2 aromatic rings. The Balaban J connectivity index is 1.32. The summed E-state index contributed by atoms with van der Waals surface area (Å²) >= 11 is 0. The minimum Gasteiger partial charge on any atom is -0.493 e. The average Bonchev–Trinajstić information content (AvgIpc) is 3.24. The Morgan fingerprint density at radius 3 is 2.35 bits per heavy atom. The lowest BCUT2D eigenvalue weighted by Gasteiger charge is -2.36. The fraction of sp³-hybridized carbons (Fsp3) is 0.526. The Morgan fingerprint density at radius 2 is 1.65 bits per heavy atom. The van der Waals surface area contributed by atoms with Gasteiger partial charge in [-0.25, -0.2) is 9.97 Å². The molecule has 2 aliphatic heterocycles. The summed E-state index contributed by atoms with van der Waals surface area (Å²) in [5.74, 6) is 1.72. The lowest BCUT2D eigenvalue weighted by Crippen LogP contribution is -2.46. The van der Waals surface area contributed by atoms with Gasteiger partial charge in [-0.2, -0.15) is 0 Å². The molecule has 0 radical (unpaired) electrons. The maximum atomic E-state index is 5.44. The van der Waals surface area contributed by atoms with Crippen molar-refractivity contribution in [1.82, 2.24) is 19.9 Å². The summed E-state index contributed by atoms with van der Waals surface area (Å²) in [5, 5.41) is 0. The molecule has 2 aliphatic rings. The number of nitrogens with zero attached hydrogens (tertiary/aromatic N) is 6. The summed E-state index contributed by atoms with van der Waals surface area (Å²) in [5.41, 5.74) is 2.31. The van der Waals surface area contributed by atoms with Gasteiger partial charge >= 0.3 is 0 Å². The Kier molecular flexibility index (Phi) is 5.15. The first-order chi connectivity index (χ1) is 12.8. The number of rotatable bonds is 5. The Bertz CT molecular complexity index is 708. The predicted octanol–water partition coefficient (Wildman–Crippen LogP) is 1.80. The summed E-state index contributed by atoms with van der Waals surface area (Å²) in [4.78, 5) is 20.4. The lowest BCUT2D eigenvalue weighted by molar-refractivity contribution is 0.248. The highest BCUT2D eigenvalue weighted by Gasteiger charge is 2.20. The summed E-state index contributed by atoms with van der Waals surface area (Å²) in [7, 11) is 1.70. The summed E-state index contributed by atoms with van der Waals surface area (Å²) < 4.78 is 5.44. The number of piperazine rings is 1. The van der Waals surface area contributed by atoms with Crippen LogP contribution in [0.2, 0.25) is 0 Å². The van der Waals surface area contributed by atoms with Gasteiger partial charge in [0.15, 0.2) is 5.75 Å². The van der Waals surface area contributed by atoms with Gasteiger partial charge in [0, 0.05) is 70.0 Å². The lowest BCUT2D eigenvalue weighted by atomic mass is 10.2. The van der Waals surface area contributed by atoms with E-state index in [1.54, 1.807) is 13.3 Å². The summed E-state index contributed by atoms with van der Waals surface area (Å²) in [6, 6.07) is 2.03. The van der Waals surface area contributed by atoms with E-state index in [0.29, 0.717) is 0 Å². The van der Waals surface area contributed by atoms with Crippen LogP contribution in [0.1, 0.15) is 18.4 Å². The van der Waals surface area contributed by atoms with Gasteiger partial charge < -0.3 is 14.5 Å². The third kappa shape index (κ3) is 3.72. The van der Waals surface area contributed by atoms with E-state index in [-0.39, 0.29) is 0 Å². The van der Waals surface area contributed by atoms with Crippen LogP contribution >= 0.6 is 0 Å². The van der Waals surface area contributed by atoms with E-state index in [9.17, 15) is 0 Å². The molecule has 7 nitrogen and oxygen atoms in total. The minimum atomic E-state index is 0.840. The molecule has 0 aliphatic carbocycles. The van der Waals surface area contributed by atoms with E-state index in [1.807, 2.05) is 24.7 Å². The van der Waals surface area contributed by atoms with Gasteiger partial charge in [0.1, 0.15) is 0 Å². The molecule has 0 amide bonds. The molecule has 2 saturated heterocycles. The van der Waals surface area contributed by atoms with Gasteiger partial charge in [0.2, 0.25) is 5.95 Å². The second kappa shape index (κ2) is 7.86. The molecule has 0 aromatic carbocycles. The van der Waals surface area contributed by atoms with Crippen molar-refractivity contribution in [2.24, 2.45) is 0 Å². The Morgan fingerprint density at radius 1 is 0.923 bits per heavy atom. The third-order valence-electron chi connectivity index (χ3n) is 5.18. The van der Waals surface area contributed by atoms with E-state index >= 15 is 0 Å². The predicted molar refractivity (Wildman–Crippen MR) is 102 cm³/mol. The molecule has 0 atom stereocenters. The second-order valence-electron chi connectivity index (χ2n) is 6.90. The number of ether oxygens (including phenoxy) is 1. The van der Waals surface area contributed by atoms with Crippen molar-refractivity contribution in [3.05, 3.63) is 36.4 Å². The van der Waals surface area contributed by atoms with Crippen molar-refractivity contribution in [2.45, 2.75) is 19.4 Å². The van der Waals surface area contributed by atoms with Crippen molar-refractivity contribution >= 4 is 11.6 Å². The van der Waals surface area contributed by atoms with Crippen molar-refractivity contribution < 1.29 is 4.74 Å². The molecule has 4 heterocycles. The largest absolute Gasteiger partial charge is 0.493 e. The van der Waals surface area contributed by atoms with E-state index in [1.165, 1.54) is 18.4 Å². The summed E-state index contributed by atoms with van der Waals surface area (Å²) in [6.45, 7) is 7.06. The smallest absolute Gasteiger partial charge is 0.225 e. The first kappa shape index (κ1) is 17.0. The number of hydrogen-bond acceptors (Lipinski definition) is 7. The standard InChI is InChI=1S/C19H26N6O/c1-26-18-14-20-5-4-17(18)24-10-8-23(9-11-24)15-16-12-21-19(22-13-16)25-6-2-3-7-25/h4-5,12-14H,2-3,6-11,15H2,1H3. The quantitative estimate of drug-likeness (QED) is 0.811. The van der Waals surface area contributed by atoms with Gasteiger partial charge in [0.05, 0.1) is 19.0 Å². The van der Waals surface area contributed by atoms with Crippen molar-refractivity contribution in [3.8, 4) is 5.75 Å². The molecule has 2 fully saturated rings. The number of pyridine rings is 1. The zero-order valence-electron chi connectivity index (χ0n) is 15.3. The van der Waals surface area contributed by atoms with Crippen LogP contribution in [-0.2, 0) is 6.54 Å². The highest BCUT2D eigenvalue weighted by atomic mass is 16.5. The molecule has 0 bridgehead atoms. The summed E-state index contributed by atoms with van der Waals surface area (Å²) in [6.07, 6.45) is 10.1. The van der Waals surface area contributed by atoms with Crippen LogP contribution in [0.3, 0.4) is 0 Å². The van der Waals surface area contributed by atoms with Crippen LogP contribution in [0.25, 0.3) is 0 Å². The van der Waals surface area contributed by atoms with Gasteiger partial charge in [-0.05, 0) is 18.9 Å². The maximum absolute atomic E-state index is 5.44. The molecule has 138 valence electrons. The SMILES string of the molecule is COc1cnccc1N1CCN(Cc2cnc(N3CCCC3)nc2)CC1. The molecular weight excluding hydrogens is 328 g/mol. The van der Waals surface area contributed by atoms with E-state index in [0.717, 1.165) is 63.2 Å². The molecule has 2 aromatic heterocycles. The Labute approximate surface area is 154 Å². The van der Waals surface area contributed by atoms with Gasteiger partial charge in [-0.15, -0.1) is 0 Å². The van der Waals surface area contributed by atoms with E-state index in [2.05, 4.69) is 29.7 Å². The topological polar surface area (TPSA) is 57.6 Å². The zero-order chi connectivity index (χ0) is 17.8. The highest BCUT2D eigenvalue weighted by molar-refractivity contribution is 5.57. The number of anilines is 2. The number of methoxy groups -OCH3 is 1. The van der Waals surface area contributed by atoms with Gasteiger partial charge in [-0.1, -0.05) is 0 Å². The van der Waals surface area contributed by atoms with E-state index in [4.69, 9.17) is 4.74 Å². The normalized spacial score (nSPS) is 18.3. The number of hydrogen-bond donors (Lipinski definition) is 0. The van der Waals surface area contributed by atoms with Crippen molar-refractivity contribution in [2.75, 3.05) is 56.2 Å². The van der Waals surface area contributed by atoms with Gasteiger partial charge in [0.25, 0.3) is 0 Å². The van der Waals surface area contributed by atoms with Crippen molar-refractivity contribution in [1.29, 1.82) is 0 Å². The van der Waals surface area contributed by atoms with Crippen LogP contribution in [-0.4, -0.2) is 66.2 Å². The average molecular weight is 354 g/mol. The molecule has 0 spiro atoms. The molecule has 4 rings (SSSR count). The third-order valence-corrected chi connectivity index (χ3v) is 5.18. The van der Waals surface area contributed by atoms with Crippen LogP contribution in [0.4, 0.5) is 11.6 Å². The van der Waals surface area contributed by atoms with Crippen molar-refractivity contribution in [3.63, 3.8) is 0 Å². The van der Waals surface area contributed by atoms with Crippen LogP contribution in [0.15, 0.2) is 30.9 Å². The monoisotopic (exact) mass is 354 g/mol. The molecule has 26 heavy (non-hydrogen) atoms. The molecular formula is C19H26N6O. The van der Waals surface area contributed by atoms with Gasteiger partial charge in [-0.3, -0.25) is 9.88 Å². The zero-order valence-corrected chi connectivity index (χ0v) is 15.3. The number of aromatic nitrogens is 3. The first-order valence-electron chi connectivity index (χ1n) is 9.34.